The summed E-state index contributed by atoms with van der Waals surface area (Å²) in [5.74, 6) is -1.15. The molecule has 0 aromatic heterocycles. The standard InChI is InChI=1S/C6H13O5P/c1-3-10-12(9,4-2)11-5-6(7)8/h3-5H2,1-2H3,(H,7,8). The summed E-state index contributed by atoms with van der Waals surface area (Å²) >= 11 is 0. The Morgan fingerprint density at radius 1 is 1.42 bits per heavy atom. The highest BCUT2D eigenvalue weighted by Crippen LogP contribution is 2.47. The van der Waals surface area contributed by atoms with Gasteiger partial charge in [-0.05, 0) is 6.92 Å². The van der Waals surface area contributed by atoms with Crippen molar-refractivity contribution < 1.29 is 23.5 Å². The van der Waals surface area contributed by atoms with Gasteiger partial charge < -0.3 is 9.63 Å². The van der Waals surface area contributed by atoms with Crippen molar-refractivity contribution in [2.75, 3.05) is 19.4 Å². The zero-order valence-corrected chi connectivity index (χ0v) is 8.04. The molecular formula is C6H13O5P. The first-order chi connectivity index (χ1) is 5.54. The van der Waals surface area contributed by atoms with E-state index in [0.717, 1.165) is 0 Å². The molecule has 0 aliphatic rings. The first-order valence-corrected chi connectivity index (χ1v) is 5.36. The van der Waals surface area contributed by atoms with Crippen LogP contribution in [-0.4, -0.2) is 30.5 Å². The van der Waals surface area contributed by atoms with Gasteiger partial charge in [-0.15, -0.1) is 0 Å². The molecule has 72 valence electrons. The van der Waals surface area contributed by atoms with Crippen LogP contribution in [0.25, 0.3) is 0 Å². The van der Waals surface area contributed by atoms with Gasteiger partial charge in [-0.2, -0.15) is 0 Å². The first kappa shape index (κ1) is 11.6. The fraction of sp³-hybridized carbons (Fsp3) is 0.833. The molecule has 1 N–H and O–H groups in total. The fourth-order valence-electron chi connectivity index (χ4n) is 0.570. The molecule has 0 saturated heterocycles. The average molecular weight is 196 g/mol. The number of carboxylic acid groups (broad SMARTS) is 1. The van der Waals surface area contributed by atoms with Crippen LogP contribution >= 0.6 is 7.60 Å². The van der Waals surface area contributed by atoms with Gasteiger partial charge in [0, 0.05) is 6.16 Å². The van der Waals surface area contributed by atoms with Gasteiger partial charge in [0.25, 0.3) is 0 Å². The van der Waals surface area contributed by atoms with Gasteiger partial charge in [0.05, 0.1) is 6.61 Å². The molecule has 1 atom stereocenters. The average Bonchev–Trinajstić information content (AvgIpc) is 2.02. The van der Waals surface area contributed by atoms with E-state index in [1.807, 2.05) is 0 Å². The number of hydrogen-bond donors (Lipinski definition) is 1. The predicted octanol–water partition coefficient (Wildman–Crippen LogP) is 1.34. The topological polar surface area (TPSA) is 72.8 Å². The first-order valence-electron chi connectivity index (χ1n) is 3.64. The maximum atomic E-state index is 11.4. The van der Waals surface area contributed by atoms with E-state index in [1.165, 1.54) is 0 Å². The Morgan fingerprint density at radius 3 is 2.33 bits per heavy atom. The predicted molar refractivity (Wildman–Crippen MR) is 43.4 cm³/mol. The maximum Gasteiger partial charge on any atom is 0.330 e. The van der Waals surface area contributed by atoms with Gasteiger partial charge in [0.15, 0.2) is 6.61 Å². The highest BCUT2D eigenvalue weighted by Gasteiger charge is 2.21. The van der Waals surface area contributed by atoms with Crippen LogP contribution < -0.4 is 0 Å². The van der Waals surface area contributed by atoms with Gasteiger partial charge in [0.2, 0.25) is 0 Å². The molecule has 0 spiro atoms. The Balaban J connectivity index is 3.96. The molecule has 6 heteroatoms. The molecule has 0 radical (unpaired) electrons. The number of carbonyl (C=O) groups is 1. The summed E-state index contributed by atoms with van der Waals surface area (Å²) in [6.07, 6.45) is 0.189. The van der Waals surface area contributed by atoms with Crippen molar-refractivity contribution in [1.29, 1.82) is 0 Å². The van der Waals surface area contributed by atoms with Gasteiger partial charge in [-0.1, -0.05) is 6.92 Å². The quantitative estimate of drug-likeness (QED) is 0.649. The molecule has 0 aliphatic carbocycles. The highest BCUT2D eigenvalue weighted by atomic mass is 31.2. The second-order valence-electron chi connectivity index (χ2n) is 2.01. The van der Waals surface area contributed by atoms with E-state index < -0.39 is 20.2 Å². The second kappa shape index (κ2) is 5.30. The van der Waals surface area contributed by atoms with Crippen LogP contribution in [0.2, 0.25) is 0 Å². The summed E-state index contributed by atoms with van der Waals surface area (Å²) < 4.78 is 20.8. The van der Waals surface area contributed by atoms with E-state index in [1.54, 1.807) is 13.8 Å². The molecule has 5 nitrogen and oxygen atoms in total. The van der Waals surface area contributed by atoms with Crippen molar-refractivity contribution in [3.05, 3.63) is 0 Å². The fourth-order valence-corrected chi connectivity index (χ4v) is 1.71. The Hall–Kier alpha value is -0.380. The lowest BCUT2D eigenvalue weighted by atomic mass is 10.8. The minimum absolute atomic E-state index is 0.189. The lowest BCUT2D eigenvalue weighted by Gasteiger charge is -2.13. The number of aliphatic carboxylic acids is 1. The highest BCUT2D eigenvalue weighted by molar-refractivity contribution is 7.53. The summed E-state index contributed by atoms with van der Waals surface area (Å²) in [4.78, 5) is 10.1. The van der Waals surface area contributed by atoms with Crippen molar-refractivity contribution in [2.45, 2.75) is 13.8 Å². The van der Waals surface area contributed by atoms with Crippen LogP contribution in [-0.2, 0) is 18.4 Å². The van der Waals surface area contributed by atoms with Crippen molar-refractivity contribution in [1.82, 2.24) is 0 Å². The van der Waals surface area contributed by atoms with Gasteiger partial charge in [-0.25, -0.2) is 4.79 Å². The third-order valence-electron chi connectivity index (χ3n) is 1.10. The lowest BCUT2D eigenvalue weighted by Crippen LogP contribution is -2.07. The Bertz CT molecular complexity index is 190. The molecule has 0 aromatic rings. The van der Waals surface area contributed by atoms with Crippen LogP contribution in [0.3, 0.4) is 0 Å². The molecular weight excluding hydrogens is 183 g/mol. The van der Waals surface area contributed by atoms with Crippen LogP contribution in [0.1, 0.15) is 13.8 Å². The molecule has 0 rings (SSSR count). The third kappa shape index (κ3) is 4.49. The van der Waals surface area contributed by atoms with Gasteiger partial charge in [0.1, 0.15) is 0 Å². The molecule has 0 heterocycles. The summed E-state index contributed by atoms with van der Waals surface area (Å²) in [7, 11) is -3.13. The van der Waals surface area contributed by atoms with E-state index >= 15 is 0 Å². The monoisotopic (exact) mass is 196 g/mol. The zero-order chi connectivity index (χ0) is 9.61. The van der Waals surface area contributed by atoms with E-state index in [-0.39, 0.29) is 12.8 Å². The number of rotatable bonds is 6. The lowest BCUT2D eigenvalue weighted by molar-refractivity contribution is -0.139. The van der Waals surface area contributed by atoms with E-state index in [0.29, 0.717) is 0 Å². The Kier molecular flexibility index (Phi) is 5.13. The molecule has 0 saturated carbocycles. The van der Waals surface area contributed by atoms with Gasteiger partial charge in [-0.3, -0.25) is 9.09 Å². The molecule has 0 aliphatic heterocycles. The molecule has 1 unspecified atom stereocenters. The number of hydrogen-bond acceptors (Lipinski definition) is 4. The van der Waals surface area contributed by atoms with Crippen molar-refractivity contribution in [2.24, 2.45) is 0 Å². The summed E-state index contributed by atoms with van der Waals surface area (Å²) in [5.41, 5.74) is 0. The molecule has 0 bridgehead atoms. The SMILES string of the molecule is CCOP(=O)(CC)OCC(=O)O. The minimum Gasteiger partial charge on any atom is -0.480 e. The smallest absolute Gasteiger partial charge is 0.330 e. The van der Waals surface area contributed by atoms with E-state index in [4.69, 9.17) is 9.63 Å². The van der Waals surface area contributed by atoms with Gasteiger partial charge >= 0.3 is 13.6 Å². The van der Waals surface area contributed by atoms with E-state index in [9.17, 15) is 9.36 Å². The molecule has 0 amide bonds. The van der Waals surface area contributed by atoms with Crippen molar-refractivity contribution in [3.8, 4) is 0 Å². The second-order valence-corrected chi connectivity index (χ2v) is 4.38. The van der Waals surface area contributed by atoms with Crippen molar-refractivity contribution >= 4 is 13.6 Å². The summed E-state index contributed by atoms with van der Waals surface area (Å²) in [5, 5.41) is 8.24. The Labute approximate surface area is 71.2 Å². The van der Waals surface area contributed by atoms with Crippen molar-refractivity contribution in [3.63, 3.8) is 0 Å². The van der Waals surface area contributed by atoms with Crippen LogP contribution in [0, 0.1) is 0 Å². The zero-order valence-electron chi connectivity index (χ0n) is 7.15. The molecule has 12 heavy (non-hydrogen) atoms. The molecule has 0 aromatic carbocycles. The van der Waals surface area contributed by atoms with Crippen LogP contribution in [0.5, 0.6) is 0 Å². The summed E-state index contributed by atoms with van der Waals surface area (Å²) in [6.45, 7) is 2.97. The summed E-state index contributed by atoms with van der Waals surface area (Å²) in [6, 6.07) is 0. The van der Waals surface area contributed by atoms with Crippen LogP contribution in [0.15, 0.2) is 0 Å². The maximum absolute atomic E-state index is 11.4. The van der Waals surface area contributed by atoms with Crippen LogP contribution in [0.4, 0.5) is 0 Å². The number of carboxylic acids is 1. The Morgan fingerprint density at radius 2 is 2.00 bits per heavy atom. The third-order valence-corrected chi connectivity index (χ3v) is 3.05. The normalized spacial score (nSPS) is 15.5. The minimum atomic E-state index is -3.13. The molecule has 0 fully saturated rings. The largest absolute Gasteiger partial charge is 0.480 e. The van der Waals surface area contributed by atoms with E-state index in [2.05, 4.69) is 4.52 Å².